The van der Waals surface area contributed by atoms with Gasteiger partial charge in [0.15, 0.2) is 0 Å². The molecule has 6 heteroatoms. The number of anilines is 1. The van der Waals surface area contributed by atoms with Gasteiger partial charge in [-0.3, -0.25) is 4.79 Å². The van der Waals surface area contributed by atoms with Crippen LogP contribution in [0.2, 0.25) is 0 Å². The fourth-order valence-electron chi connectivity index (χ4n) is 3.84. The average molecular weight is 360 g/mol. The van der Waals surface area contributed by atoms with E-state index in [1.54, 1.807) is 0 Å². The molecule has 2 unspecified atom stereocenters. The van der Waals surface area contributed by atoms with Crippen molar-refractivity contribution in [2.75, 3.05) is 51.2 Å². The van der Waals surface area contributed by atoms with Crippen molar-refractivity contribution in [2.24, 2.45) is 11.8 Å². The molecule has 1 aromatic rings. The minimum absolute atomic E-state index is 0.145. The van der Waals surface area contributed by atoms with Crippen molar-refractivity contribution in [1.82, 2.24) is 20.5 Å². The van der Waals surface area contributed by atoms with Crippen molar-refractivity contribution in [3.8, 4) is 0 Å². The zero-order valence-corrected chi connectivity index (χ0v) is 16.2. The number of pyridine rings is 1. The van der Waals surface area contributed by atoms with Crippen LogP contribution in [-0.4, -0.2) is 62.1 Å². The quantitative estimate of drug-likeness (QED) is 0.806. The van der Waals surface area contributed by atoms with Gasteiger partial charge in [-0.25, -0.2) is 4.98 Å². The number of carbonyl (C=O) groups excluding carboxylic acids is 1. The summed E-state index contributed by atoms with van der Waals surface area (Å²) in [6.45, 7) is 9.12. The fourth-order valence-corrected chi connectivity index (χ4v) is 3.84. The summed E-state index contributed by atoms with van der Waals surface area (Å²) in [5.74, 6) is 2.23. The Hall–Kier alpha value is -1.66. The van der Waals surface area contributed by atoms with Crippen molar-refractivity contribution in [3.63, 3.8) is 0 Å². The summed E-state index contributed by atoms with van der Waals surface area (Å²) in [7, 11) is 2.15. The zero-order chi connectivity index (χ0) is 18.4. The molecule has 0 aliphatic carbocycles. The van der Waals surface area contributed by atoms with Crippen LogP contribution in [0.25, 0.3) is 0 Å². The number of nitrogens with zero attached hydrogens (tertiary/aromatic N) is 3. The summed E-state index contributed by atoms with van der Waals surface area (Å²) >= 11 is 0. The smallest absolute Gasteiger partial charge is 0.220 e. The summed E-state index contributed by atoms with van der Waals surface area (Å²) in [5.41, 5.74) is 1.06. The number of aromatic nitrogens is 1. The lowest BCUT2D eigenvalue weighted by Crippen LogP contribution is -2.44. The minimum Gasteiger partial charge on any atom is -0.354 e. The Bertz CT molecular complexity index is 562. The minimum atomic E-state index is 0.145. The van der Waals surface area contributed by atoms with Crippen LogP contribution < -0.4 is 15.5 Å². The highest BCUT2D eigenvalue weighted by Crippen LogP contribution is 2.22. The van der Waals surface area contributed by atoms with Gasteiger partial charge in [-0.1, -0.05) is 13.0 Å². The molecule has 0 aromatic carbocycles. The van der Waals surface area contributed by atoms with E-state index in [1.165, 1.54) is 12.8 Å². The van der Waals surface area contributed by atoms with E-state index in [0.29, 0.717) is 24.8 Å². The van der Waals surface area contributed by atoms with E-state index < -0.39 is 0 Å². The van der Waals surface area contributed by atoms with E-state index in [4.69, 9.17) is 0 Å². The molecule has 2 atom stereocenters. The molecule has 2 aliphatic rings. The van der Waals surface area contributed by atoms with Crippen LogP contribution in [0.3, 0.4) is 0 Å². The molecular weight excluding hydrogens is 326 g/mol. The van der Waals surface area contributed by atoms with Crippen LogP contribution in [0.1, 0.15) is 31.7 Å². The van der Waals surface area contributed by atoms with Crippen molar-refractivity contribution in [3.05, 3.63) is 23.9 Å². The van der Waals surface area contributed by atoms with Gasteiger partial charge in [0.25, 0.3) is 0 Å². The third-order valence-corrected chi connectivity index (χ3v) is 5.77. The number of hydrogen-bond acceptors (Lipinski definition) is 5. The topological polar surface area (TPSA) is 60.5 Å². The molecule has 3 heterocycles. The lowest BCUT2D eigenvalue weighted by atomic mass is 9.85. The summed E-state index contributed by atoms with van der Waals surface area (Å²) in [6, 6.07) is 4.15. The first-order valence-corrected chi connectivity index (χ1v) is 9.97. The number of nitrogens with one attached hydrogen (secondary N) is 2. The molecule has 2 N–H and O–H groups in total. The zero-order valence-electron chi connectivity index (χ0n) is 16.2. The van der Waals surface area contributed by atoms with Crippen molar-refractivity contribution < 1.29 is 4.79 Å². The molecule has 2 aliphatic heterocycles. The van der Waals surface area contributed by atoms with Gasteiger partial charge in [0.1, 0.15) is 5.82 Å². The molecular formula is C20H33N5O. The largest absolute Gasteiger partial charge is 0.354 e. The van der Waals surface area contributed by atoms with Gasteiger partial charge in [0.2, 0.25) is 5.91 Å². The number of rotatable bonds is 6. The number of carbonyl (C=O) groups is 1. The van der Waals surface area contributed by atoms with Gasteiger partial charge in [-0.05, 0) is 56.4 Å². The normalized spacial score (nSPS) is 22.8. The molecule has 26 heavy (non-hydrogen) atoms. The van der Waals surface area contributed by atoms with E-state index in [2.05, 4.69) is 51.5 Å². The third kappa shape index (κ3) is 5.42. The van der Waals surface area contributed by atoms with Gasteiger partial charge in [-0.2, -0.15) is 0 Å². The molecule has 0 spiro atoms. The summed E-state index contributed by atoms with van der Waals surface area (Å²) in [5, 5.41) is 6.49. The Labute approximate surface area is 157 Å². The van der Waals surface area contributed by atoms with Crippen LogP contribution in [-0.2, 0) is 11.3 Å². The van der Waals surface area contributed by atoms with E-state index in [0.717, 1.165) is 50.6 Å². The summed E-state index contributed by atoms with van der Waals surface area (Å²) in [4.78, 5) is 21.5. The molecule has 3 rings (SSSR count). The molecule has 2 saturated heterocycles. The van der Waals surface area contributed by atoms with Gasteiger partial charge >= 0.3 is 0 Å². The van der Waals surface area contributed by atoms with Crippen LogP contribution >= 0.6 is 0 Å². The highest BCUT2D eigenvalue weighted by atomic mass is 16.1. The van der Waals surface area contributed by atoms with E-state index in [-0.39, 0.29) is 5.91 Å². The van der Waals surface area contributed by atoms with E-state index in [9.17, 15) is 4.79 Å². The lowest BCUT2D eigenvalue weighted by Gasteiger charge is -2.33. The first kappa shape index (κ1) is 19.1. The Balaban J connectivity index is 1.42. The third-order valence-electron chi connectivity index (χ3n) is 5.77. The highest BCUT2D eigenvalue weighted by molar-refractivity contribution is 5.76. The second-order valence-corrected chi connectivity index (χ2v) is 7.88. The maximum atomic E-state index is 12.2. The molecule has 2 fully saturated rings. The number of likely N-dealkylation sites (N-methyl/N-ethyl adjacent to an activating group) is 1. The lowest BCUT2D eigenvalue weighted by molar-refractivity contribution is -0.122. The maximum Gasteiger partial charge on any atom is 0.220 e. The highest BCUT2D eigenvalue weighted by Gasteiger charge is 2.22. The SMILES string of the molecule is CC(CC(=O)NCc1ccc(N2CCN(C)CC2)nc1)C1CCCNC1. The van der Waals surface area contributed by atoms with Gasteiger partial charge < -0.3 is 20.4 Å². The predicted molar refractivity (Wildman–Crippen MR) is 105 cm³/mol. The van der Waals surface area contributed by atoms with Crippen LogP contribution in [0, 0.1) is 11.8 Å². The molecule has 0 bridgehead atoms. The van der Waals surface area contributed by atoms with Gasteiger partial charge in [-0.15, -0.1) is 0 Å². The molecule has 144 valence electrons. The van der Waals surface area contributed by atoms with E-state index >= 15 is 0 Å². The Morgan fingerprint density at radius 3 is 2.81 bits per heavy atom. The van der Waals surface area contributed by atoms with Gasteiger partial charge in [0, 0.05) is 45.3 Å². The summed E-state index contributed by atoms with van der Waals surface area (Å²) < 4.78 is 0. The maximum absolute atomic E-state index is 12.2. The number of piperazine rings is 1. The van der Waals surface area contributed by atoms with Crippen LogP contribution in [0.15, 0.2) is 18.3 Å². The average Bonchev–Trinajstić information content (AvgIpc) is 2.68. The van der Waals surface area contributed by atoms with E-state index in [1.807, 2.05) is 6.20 Å². The summed E-state index contributed by atoms with van der Waals surface area (Å²) in [6.07, 6.45) is 4.96. The van der Waals surface area contributed by atoms with Crippen LogP contribution in [0.5, 0.6) is 0 Å². The van der Waals surface area contributed by atoms with Crippen molar-refractivity contribution in [2.45, 2.75) is 32.7 Å². The fraction of sp³-hybridized carbons (Fsp3) is 0.700. The van der Waals surface area contributed by atoms with Crippen molar-refractivity contribution >= 4 is 11.7 Å². The molecule has 0 saturated carbocycles. The second-order valence-electron chi connectivity index (χ2n) is 7.88. The predicted octanol–water partition coefficient (Wildman–Crippen LogP) is 1.48. The molecule has 1 aromatic heterocycles. The standard InChI is InChI=1S/C20H33N5O/c1-16(18-4-3-7-21-15-18)12-20(26)23-14-17-5-6-19(22-13-17)25-10-8-24(2)9-11-25/h5-6,13,16,18,21H,3-4,7-12,14-15H2,1-2H3,(H,23,26). The Kier molecular flexibility index (Phi) is 6.86. The number of piperidine rings is 1. The van der Waals surface area contributed by atoms with Crippen LogP contribution in [0.4, 0.5) is 5.82 Å². The first-order valence-electron chi connectivity index (χ1n) is 9.97. The Morgan fingerprint density at radius 2 is 2.15 bits per heavy atom. The number of amides is 1. The Morgan fingerprint density at radius 1 is 1.35 bits per heavy atom. The van der Waals surface area contributed by atoms with Gasteiger partial charge in [0.05, 0.1) is 0 Å². The first-order chi connectivity index (χ1) is 12.6. The molecule has 0 radical (unpaired) electrons. The molecule has 1 amide bonds. The number of hydrogen-bond donors (Lipinski definition) is 2. The second kappa shape index (κ2) is 9.33. The van der Waals surface area contributed by atoms with Crippen molar-refractivity contribution in [1.29, 1.82) is 0 Å². The monoisotopic (exact) mass is 359 g/mol. The molecule has 6 nitrogen and oxygen atoms in total.